The molecule has 0 saturated heterocycles. The molecule has 0 unspecified atom stereocenters. The molecule has 0 spiro atoms. The quantitative estimate of drug-likeness (QED) is 0.684. The van der Waals surface area contributed by atoms with E-state index in [1.54, 1.807) is 24.3 Å². The largest absolute Gasteiger partial charge is 0.493 e. The lowest BCUT2D eigenvalue weighted by molar-refractivity contribution is -0.116. The SMILES string of the molecule is CCCOC(=O)c1ccc(NC(=O)CCOc2ccc(CC)cc2)cc1. The van der Waals surface area contributed by atoms with Crippen molar-refractivity contribution < 1.29 is 19.1 Å². The molecular formula is C21H25NO4. The van der Waals surface area contributed by atoms with Gasteiger partial charge < -0.3 is 14.8 Å². The van der Waals surface area contributed by atoms with E-state index in [1.807, 2.05) is 31.2 Å². The van der Waals surface area contributed by atoms with Gasteiger partial charge in [0.25, 0.3) is 0 Å². The number of carbonyl (C=O) groups excluding carboxylic acids is 2. The van der Waals surface area contributed by atoms with Crippen LogP contribution in [0.5, 0.6) is 5.75 Å². The van der Waals surface area contributed by atoms with Crippen LogP contribution in [0.1, 0.15) is 42.6 Å². The number of anilines is 1. The van der Waals surface area contributed by atoms with Crippen molar-refractivity contribution in [3.05, 3.63) is 59.7 Å². The highest BCUT2D eigenvalue weighted by Crippen LogP contribution is 2.14. The molecule has 0 aliphatic rings. The van der Waals surface area contributed by atoms with Crippen LogP contribution in [0, 0.1) is 0 Å². The number of nitrogens with one attached hydrogen (secondary N) is 1. The minimum atomic E-state index is -0.354. The van der Waals surface area contributed by atoms with Gasteiger partial charge >= 0.3 is 5.97 Å². The highest BCUT2D eigenvalue weighted by Gasteiger charge is 2.08. The Labute approximate surface area is 154 Å². The summed E-state index contributed by atoms with van der Waals surface area (Å²) in [5, 5.41) is 2.78. The second kappa shape index (κ2) is 10.2. The summed E-state index contributed by atoms with van der Waals surface area (Å²) in [5.74, 6) is 0.258. The van der Waals surface area contributed by atoms with Crippen LogP contribution in [0.25, 0.3) is 0 Å². The molecule has 138 valence electrons. The predicted molar refractivity (Wildman–Crippen MR) is 102 cm³/mol. The molecule has 5 heteroatoms. The van der Waals surface area contributed by atoms with E-state index in [0.717, 1.165) is 18.6 Å². The molecule has 0 aliphatic carbocycles. The van der Waals surface area contributed by atoms with E-state index in [1.165, 1.54) is 5.56 Å². The minimum absolute atomic E-state index is 0.142. The van der Waals surface area contributed by atoms with Gasteiger partial charge in [-0.05, 0) is 54.8 Å². The number of benzene rings is 2. The second-order valence-corrected chi connectivity index (χ2v) is 5.86. The maximum absolute atomic E-state index is 12.0. The lowest BCUT2D eigenvalue weighted by Crippen LogP contribution is -2.15. The van der Waals surface area contributed by atoms with Crippen LogP contribution >= 0.6 is 0 Å². The van der Waals surface area contributed by atoms with Gasteiger partial charge in [-0.25, -0.2) is 4.79 Å². The minimum Gasteiger partial charge on any atom is -0.493 e. The normalized spacial score (nSPS) is 10.2. The van der Waals surface area contributed by atoms with E-state index in [9.17, 15) is 9.59 Å². The third-order valence-electron chi connectivity index (χ3n) is 3.77. The molecule has 0 saturated carbocycles. The van der Waals surface area contributed by atoms with Crippen molar-refractivity contribution in [2.45, 2.75) is 33.1 Å². The van der Waals surface area contributed by atoms with Crippen LogP contribution in [-0.2, 0) is 16.0 Å². The lowest BCUT2D eigenvalue weighted by Gasteiger charge is -2.08. The Kier molecular flexibility index (Phi) is 7.68. The molecule has 5 nitrogen and oxygen atoms in total. The second-order valence-electron chi connectivity index (χ2n) is 5.86. The van der Waals surface area contributed by atoms with Crippen LogP contribution in [0.3, 0.4) is 0 Å². The number of hydrogen-bond acceptors (Lipinski definition) is 4. The highest BCUT2D eigenvalue weighted by atomic mass is 16.5. The third kappa shape index (κ3) is 6.24. The average molecular weight is 355 g/mol. The van der Waals surface area contributed by atoms with Gasteiger partial charge in [0.15, 0.2) is 0 Å². The fourth-order valence-electron chi connectivity index (χ4n) is 2.27. The van der Waals surface area contributed by atoms with Gasteiger partial charge in [-0.2, -0.15) is 0 Å². The van der Waals surface area contributed by atoms with Gasteiger partial charge in [0.1, 0.15) is 5.75 Å². The van der Waals surface area contributed by atoms with Crippen LogP contribution in [-0.4, -0.2) is 25.1 Å². The lowest BCUT2D eigenvalue weighted by atomic mass is 10.2. The first kappa shape index (κ1) is 19.5. The van der Waals surface area contributed by atoms with Crippen molar-refractivity contribution in [2.75, 3.05) is 18.5 Å². The molecule has 1 N–H and O–H groups in total. The van der Waals surface area contributed by atoms with E-state index in [0.29, 0.717) is 24.5 Å². The van der Waals surface area contributed by atoms with Gasteiger partial charge in [0.05, 0.1) is 25.2 Å². The maximum atomic E-state index is 12.0. The van der Waals surface area contributed by atoms with Crippen molar-refractivity contribution in [1.82, 2.24) is 0 Å². The summed E-state index contributed by atoms with van der Waals surface area (Å²) in [7, 11) is 0. The zero-order valence-corrected chi connectivity index (χ0v) is 15.3. The number of esters is 1. The number of carbonyl (C=O) groups is 2. The Morgan fingerprint density at radius 1 is 0.923 bits per heavy atom. The molecular weight excluding hydrogens is 330 g/mol. The molecule has 0 radical (unpaired) electrons. The summed E-state index contributed by atoms with van der Waals surface area (Å²) in [6.45, 7) is 4.74. The van der Waals surface area contributed by atoms with Crippen molar-refractivity contribution in [1.29, 1.82) is 0 Å². The van der Waals surface area contributed by atoms with Gasteiger partial charge in [-0.1, -0.05) is 26.0 Å². The third-order valence-corrected chi connectivity index (χ3v) is 3.77. The first-order valence-electron chi connectivity index (χ1n) is 8.91. The monoisotopic (exact) mass is 355 g/mol. The zero-order valence-electron chi connectivity index (χ0n) is 15.3. The zero-order chi connectivity index (χ0) is 18.8. The number of aryl methyl sites for hydroxylation is 1. The topological polar surface area (TPSA) is 64.6 Å². The number of rotatable bonds is 9. The van der Waals surface area contributed by atoms with Crippen molar-refractivity contribution >= 4 is 17.6 Å². The van der Waals surface area contributed by atoms with E-state index in [4.69, 9.17) is 9.47 Å². The fraction of sp³-hybridized carbons (Fsp3) is 0.333. The maximum Gasteiger partial charge on any atom is 0.338 e. The summed E-state index contributed by atoms with van der Waals surface area (Å²) in [6.07, 6.45) is 2.01. The molecule has 26 heavy (non-hydrogen) atoms. The molecule has 0 heterocycles. The van der Waals surface area contributed by atoms with E-state index >= 15 is 0 Å². The van der Waals surface area contributed by atoms with E-state index in [-0.39, 0.29) is 18.3 Å². The molecule has 0 aromatic heterocycles. The molecule has 2 aromatic carbocycles. The molecule has 0 aliphatic heterocycles. The van der Waals surface area contributed by atoms with E-state index < -0.39 is 0 Å². The van der Waals surface area contributed by atoms with Crippen LogP contribution in [0.15, 0.2) is 48.5 Å². The summed E-state index contributed by atoms with van der Waals surface area (Å²) in [4.78, 5) is 23.7. The fourth-order valence-corrected chi connectivity index (χ4v) is 2.27. The van der Waals surface area contributed by atoms with Crippen LogP contribution in [0.4, 0.5) is 5.69 Å². The molecule has 0 bridgehead atoms. The highest BCUT2D eigenvalue weighted by molar-refractivity contribution is 5.93. The number of amides is 1. The average Bonchev–Trinajstić information content (AvgIpc) is 2.67. The summed E-state index contributed by atoms with van der Waals surface area (Å²) < 4.78 is 10.6. The van der Waals surface area contributed by atoms with Crippen molar-refractivity contribution in [2.24, 2.45) is 0 Å². The Bertz CT molecular complexity index is 708. The summed E-state index contributed by atoms with van der Waals surface area (Å²) in [6, 6.07) is 14.5. The van der Waals surface area contributed by atoms with Crippen LogP contribution in [0.2, 0.25) is 0 Å². The molecule has 0 fully saturated rings. The van der Waals surface area contributed by atoms with E-state index in [2.05, 4.69) is 12.2 Å². The Balaban J connectivity index is 1.75. The van der Waals surface area contributed by atoms with Crippen LogP contribution < -0.4 is 10.1 Å². The summed E-state index contributed by atoms with van der Waals surface area (Å²) >= 11 is 0. The Hall–Kier alpha value is -2.82. The van der Waals surface area contributed by atoms with Gasteiger partial charge in [-0.3, -0.25) is 4.79 Å². The molecule has 1 amide bonds. The number of ether oxygens (including phenoxy) is 2. The molecule has 2 aromatic rings. The standard InChI is InChI=1S/C21H25NO4/c1-3-14-26-21(24)17-7-9-18(10-8-17)22-20(23)13-15-25-19-11-5-16(4-2)6-12-19/h5-12H,3-4,13-15H2,1-2H3,(H,22,23). The van der Waals surface area contributed by atoms with Gasteiger partial charge in [0, 0.05) is 5.69 Å². The molecule has 2 rings (SSSR count). The Morgan fingerprint density at radius 3 is 2.23 bits per heavy atom. The smallest absolute Gasteiger partial charge is 0.338 e. The molecule has 0 atom stereocenters. The summed E-state index contributed by atoms with van der Waals surface area (Å²) in [5.41, 5.74) is 2.35. The first-order chi connectivity index (χ1) is 12.6. The van der Waals surface area contributed by atoms with Crippen molar-refractivity contribution in [3.63, 3.8) is 0 Å². The first-order valence-corrected chi connectivity index (χ1v) is 8.91. The van der Waals surface area contributed by atoms with Gasteiger partial charge in [0.2, 0.25) is 5.91 Å². The predicted octanol–water partition coefficient (Wildman–Crippen LogP) is 4.22. The van der Waals surface area contributed by atoms with Crippen molar-refractivity contribution in [3.8, 4) is 5.75 Å². The number of hydrogen-bond donors (Lipinski definition) is 1. The Morgan fingerprint density at radius 2 is 1.62 bits per heavy atom. The van der Waals surface area contributed by atoms with Gasteiger partial charge in [-0.15, -0.1) is 0 Å².